The van der Waals surface area contributed by atoms with Gasteiger partial charge in [-0.05, 0) is 0 Å². The molecule has 0 atom stereocenters. The van der Waals surface area contributed by atoms with Crippen LogP contribution in [0.4, 0.5) is 0 Å². The predicted octanol–water partition coefficient (Wildman–Crippen LogP) is -0.392. The first-order valence-corrected chi connectivity index (χ1v) is 5.85. The highest BCUT2D eigenvalue weighted by molar-refractivity contribution is 7.88. The van der Waals surface area contributed by atoms with Crippen LogP contribution in [0.5, 0.6) is 0 Å². The molecular formula is C7H12N2O3S. The average Bonchev–Trinajstić information content (AvgIpc) is 2.03. The van der Waals surface area contributed by atoms with Crippen molar-refractivity contribution >= 4 is 10.0 Å². The molecule has 1 rings (SSSR count). The zero-order chi connectivity index (χ0) is 9.95. The van der Waals surface area contributed by atoms with E-state index in [2.05, 4.69) is 4.72 Å². The standard InChI is InChI=1S/C7H12N2O3S/c1-13(10,11)9-7(6-8)2-4-12-5-3-7/h9H,2-5H2,1H3. The van der Waals surface area contributed by atoms with Gasteiger partial charge in [0.25, 0.3) is 0 Å². The highest BCUT2D eigenvalue weighted by Crippen LogP contribution is 2.20. The fourth-order valence-electron chi connectivity index (χ4n) is 1.31. The molecule has 5 nitrogen and oxygen atoms in total. The van der Waals surface area contributed by atoms with Crippen molar-refractivity contribution in [3.8, 4) is 6.07 Å². The average molecular weight is 204 g/mol. The molecule has 1 fully saturated rings. The summed E-state index contributed by atoms with van der Waals surface area (Å²) in [5.74, 6) is 0. The second-order valence-electron chi connectivity index (χ2n) is 3.18. The zero-order valence-electron chi connectivity index (χ0n) is 7.41. The van der Waals surface area contributed by atoms with Crippen LogP contribution in [-0.4, -0.2) is 33.4 Å². The van der Waals surface area contributed by atoms with Gasteiger partial charge in [0, 0.05) is 26.1 Å². The van der Waals surface area contributed by atoms with E-state index in [1.807, 2.05) is 6.07 Å². The summed E-state index contributed by atoms with van der Waals surface area (Å²) in [5, 5.41) is 8.87. The lowest BCUT2D eigenvalue weighted by Gasteiger charge is -2.30. The van der Waals surface area contributed by atoms with Crippen molar-refractivity contribution in [3.63, 3.8) is 0 Å². The second kappa shape index (κ2) is 3.62. The number of hydrogen-bond acceptors (Lipinski definition) is 4. The molecule has 0 radical (unpaired) electrons. The molecule has 0 saturated carbocycles. The Balaban J connectivity index is 2.76. The molecule has 0 aromatic carbocycles. The molecule has 0 aromatic heterocycles. The SMILES string of the molecule is CS(=O)(=O)NC1(C#N)CCOCC1. The molecule has 0 spiro atoms. The topological polar surface area (TPSA) is 79.2 Å². The van der Waals surface area contributed by atoms with Crippen LogP contribution in [0, 0.1) is 11.3 Å². The maximum atomic E-state index is 11.0. The minimum atomic E-state index is -3.32. The fraction of sp³-hybridized carbons (Fsp3) is 0.857. The maximum Gasteiger partial charge on any atom is 0.210 e. The largest absolute Gasteiger partial charge is 0.381 e. The number of sulfonamides is 1. The minimum absolute atomic E-state index is 0.413. The summed E-state index contributed by atoms with van der Waals surface area (Å²) in [7, 11) is -3.32. The van der Waals surface area contributed by atoms with E-state index >= 15 is 0 Å². The number of nitriles is 1. The van der Waals surface area contributed by atoms with E-state index in [0.717, 1.165) is 6.26 Å². The molecule has 1 saturated heterocycles. The molecule has 0 bridgehead atoms. The second-order valence-corrected chi connectivity index (χ2v) is 4.93. The summed E-state index contributed by atoms with van der Waals surface area (Å²) in [6.07, 6.45) is 1.88. The summed E-state index contributed by atoms with van der Waals surface area (Å²) in [6.45, 7) is 0.853. The lowest BCUT2D eigenvalue weighted by molar-refractivity contribution is 0.0652. The van der Waals surface area contributed by atoms with Crippen molar-refractivity contribution in [2.45, 2.75) is 18.4 Å². The number of ether oxygens (including phenoxy) is 1. The van der Waals surface area contributed by atoms with Gasteiger partial charge < -0.3 is 4.74 Å². The van der Waals surface area contributed by atoms with Gasteiger partial charge in [-0.25, -0.2) is 8.42 Å². The van der Waals surface area contributed by atoms with Gasteiger partial charge in [0.2, 0.25) is 10.0 Å². The van der Waals surface area contributed by atoms with Crippen LogP contribution < -0.4 is 4.72 Å². The van der Waals surface area contributed by atoms with E-state index < -0.39 is 15.6 Å². The smallest absolute Gasteiger partial charge is 0.210 e. The fourth-order valence-corrected chi connectivity index (χ4v) is 2.27. The first-order valence-electron chi connectivity index (χ1n) is 3.95. The molecule has 1 aliphatic rings. The van der Waals surface area contributed by atoms with Gasteiger partial charge in [-0.3, -0.25) is 0 Å². The molecule has 6 heteroatoms. The highest BCUT2D eigenvalue weighted by atomic mass is 32.2. The molecule has 1 heterocycles. The highest BCUT2D eigenvalue weighted by Gasteiger charge is 2.35. The summed E-state index contributed by atoms with van der Waals surface area (Å²) in [6, 6.07) is 2.00. The summed E-state index contributed by atoms with van der Waals surface area (Å²) >= 11 is 0. The van der Waals surface area contributed by atoms with Crippen molar-refractivity contribution in [2.75, 3.05) is 19.5 Å². The van der Waals surface area contributed by atoms with E-state index in [1.54, 1.807) is 0 Å². The molecule has 0 aromatic rings. The van der Waals surface area contributed by atoms with Crippen molar-refractivity contribution in [2.24, 2.45) is 0 Å². The molecule has 13 heavy (non-hydrogen) atoms. The van der Waals surface area contributed by atoms with Gasteiger partial charge >= 0.3 is 0 Å². The van der Waals surface area contributed by atoms with E-state index in [0.29, 0.717) is 26.1 Å². The normalized spacial score (nSPS) is 22.2. The monoisotopic (exact) mass is 204 g/mol. The third-order valence-corrected chi connectivity index (χ3v) is 2.70. The predicted molar refractivity (Wildman–Crippen MR) is 46.4 cm³/mol. The van der Waals surface area contributed by atoms with E-state index in [4.69, 9.17) is 10.00 Å². The Morgan fingerprint density at radius 2 is 2.00 bits per heavy atom. The van der Waals surface area contributed by atoms with Gasteiger partial charge in [-0.15, -0.1) is 0 Å². The van der Waals surface area contributed by atoms with Crippen molar-refractivity contribution in [3.05, 3.63) is 0 Å². The van der Waals surface area contributed by atoms with Crippen LogP contribution in [0.3, 0.4) is 0 Å². The summed E-state index contributed by atoms with van der Waals surface area (Å²) in [5.41, 5.74) is -0.953. The van der Waals surface area contributed by atoms with Crippen molar-refractivity contribution in [1.29, 1.82) is 5.26 Å². The van der Waals surface area contributed by atoms with Crippen LogP contribution in [0.2, 0.25) is 0 Å². The number of nitrogens with one attached hydrogen (secondary N) is 1. The third kappa shape index (κ3) is 2.95. The summed E-state index contributed by atoms with van der Waals surface area (Å²) in [4.78, 5) is 0. The Labute approximate surface area is 77.7 Å². The van der Waals surface area contributed by atoms with Crippen LogP contribution >= 0.6 is 0 Å². The van der Waals surface area contributed by atoms with Crippen molar-refractivity contribution in [1.82, 2.24) is 4.72 Å². The van der Waals surface area contributed by atoms with Gasteiger partial charge in [0.15, 0.2) is 0 Å². The Morgan fingerprint density at radius 3 is 2.38 bits per heavy atom. The Bertz CT molecular complexity index is 311. The van der Waals surface area contributed by atoms with Crippen LogP contribution in [0.1, 0.15) is 12.8 Å². The van der Waals surface area contributed by atoms with Crippen LogP contribution in [-0.2, 0) is 14.8 Å². The first kappa shape index (κ1) is 10.4. The third-order valence-electron chi connectivity index (χ3n) is 1.94. The van der Waals surface area contributed by atoms with Gasteiger partial charge in [-0.1, -0.05) is 0 Å². The number of hydrogen-bond donors (Lipinski definition) is 1. The quantitative estimate of drug-likeness (QED) is 0.664. The lowest BCUT2D eigenvalue weighted by Crippen LogP contribution is -2.50. The zero-order valence-corrected chi connectivity index (χ0v) is 8.23. The Kier molecular flexibility index (Phi) is 2.91. The first-order chi connectivity index (χ1) is 5.97. The van der Waals surface area contributed by atoms with Crippen LogP contribution in [0.25, 0.3) is 0 Å². The van der Waals surface area contributed by atoms with Gasteiger partial charge in [0.1, 0.15) is 5.54 Å². The molecular weight excluding hydrogens is 192 g/mol. The molecule has 0 aliphatic carbocycles. The molecule has 74 valence electrons. The Morgan fingerprint density at radius 1 is 1.46 bits per heavy atom. The van der Waals surface area contributed by atoms with Gasteiger partial charge in [-0.2, -0.15) is 9.98 Å². The molecule has 0 unspecified atom stereocenters. The summed E-state index contributed by atoms with van der Waals surface area (Å²) < 4.78 is 29.3. The van der Waals surface area contributed by atoms with Crippen molar-refractivity contribution < 1.29 is 13.2 Å². The van der Waals surface area contributed by atoms with Gasteiger partial charge in [0.05, 0.1) is 12.3 Å². The van der Waals surface area contributed by atoms with E-state index in [-0.39, 0.29) is 0 Å². The van der Waals surface area contributed by atoms with E-state index in [9.17, 15) is 8.42 Å². The minimum Gasteiger partial charge on any atom is -0.381 e. The molecule has 0 amide bonds. The van der Waals surface area contributed by atoms with E-state index in [1.165, 1.54) is 0 Å². The molecule has 1 N–H and O–H groups in total. The number of rotatable bonds is 2. The van der Waals surface area contributed by atoms with Crippen LogP contribution in [0.15, 0.2) is 0 Å². The lowest BCUT2D eigenvalue weighted by atomic mass is 9.93. The maximum absolute atomic E-state index is 11.0. The Hall–Kier alpha value is -0.640. The number of nitrogens with zero attached hydrogens (tertiary/aromatic N) is 1. The molecule has 1 aliphatic heterocycles.